The van der Waals surface area contributed by atoms with Crippen LogP contribution in [0.3, 0.4) is 0 Å². The minimum atomic E-state index is -0.699. The van der Waals surface area contributed by atoms with E-state index in [-0.39, 0.29) is 28.8 Å². The lowest BCUT2D eigenvalue weighted by Gasteiger charge is -2.37. The SMILES string of the molecule is CN(c1c(C#N)c(=O)n(C)c2ccc(C#N)nc12)C1CCC(/C(=N\OC(C)(C)C)c2ccc(F)cc2F)CC1. The average molecular weight is 533 g/mol. The number of pyridine rings is 2. The number of hydrogen-bond donors (Lipinski definition) is 0. The van der Waals surface area contributed by atoms with Gasteiger partial charge in [0.2, 0.25) is 0 Å². The van der Waals surface area contributed by atoms with Crippen LogP contribution in [0, 0.1) is 40.2 Å². The lowest BCUT2D eigenvalue weighted by atomic mass is 9.80. The van der Waals surface area contributed by atoms with E-state index in [1.54, 1.807) is 13.1 Å². The van der Waals surface area contributed by atoms with Gasteiger partial charge in [0.25, 0.3) is 5.56 Å². The van der Waals surface area contributed by atoms with Gasteiger partial charge in [-0.25, -0.2) is 13.8 Å². The molecule has 1 fully saturated rings. The van der Waals surface area contributed by atoms with E-state index in [1.807, 2.05) is 44.9 Å². The fourth-order valence-electron chi connectivity index (χ4n) is 5.05. The Labute approximate surface area is 225 Å². The maximum atomic E-state index is 14.8. The van der Waals surface area contributed by atoms with Crippen molar-refractivity contribution >= 4 is 22.4 Å². The van der Waals surface area contributed by atoms with Crippen LogP contribution < -0.4 is 10.5 Å². The van der Waals surface area contributed by atoms with Crippen LogP contribution in [-0.2, 0) is 11.9 Å². The second-order valence-electron chi connectivity index (χ2n) is 10.8. The third-order valence-corrected chi connectivity index (χ3v) is 7.05. The van der Waals surface area contributed by atoms with E-state index in [1.165, 1.54) is 22.8 Å². The molecule has 0 spiro atoms. The summed E-state index contributed by atoms with van der Waals surface area (Å²) in [7, 11) is 3.39. The molecule has 0 atom stereocenters. The molecule has 0 saturated heterocycles. The maximum Gasteiger partial charge on any atom is 0.270 e. The third kappa shape index (κ3) is 5.61. The van der Waals surface area contributed by atoms with E-state index < -0.39 is 22.8 Å². The van der Waals surface area contributed by atoms with Gasteiger partial charge in [-0.1, -0.05) is 5.16 Å². The normalized spacial score (nSPS) is 17.9. The quantitative estimate of drug-likeness (QED) is 0.331. The molecule has 202 valence electrons. The fourth-order valence-corrected chi connectivity index (χ4v) is 5.05. The molecule has 0 N–H and O–H groups in total. The number of anilines is 1. The van der Waals surface area contributed by atoms with E-state index >= 15 is 0 Å². The Morgan fingerprint density at radius 1 is 1.13 bits per heavy atom. The Balaban J connectivity index is 1.67. The van der Waals surface area contributed by atoms with Gasteiger partial charge in [0.1, 0.15) is 46.1 Å². The van der Waals surface area contributed by atoms with Gasteiger partial charge >= 0.3 is 0 Å². The van der Waals surface area contributed by atoms with Gasteiger partial charge in [-0.3, -0.25) is 4.79 Å². The van der Waals surface area contributed by atoms with E-state index in [0.717, 1.165) is 6.07 Å². The number of hydrogen-bond acceptors (Lipinski definition) is 7. The molecular weight excluding hydrogens is 502 g/mol. The molecular formula is C29H30F2N6O2. The smallest absolute Gasteiger partial charge is 0.270 e. The van der Waals surface area contributed by atoms with Gasteiger partial charge in [0.05, 0.1) is 16.9 Å². The van der Waals surface area contributed by atoms with Crippen molar-refractivity contribution in [3.05, 3.63) is 69.1 Å². The summed E-state index contributed by atoms with van der Waals surface area (Å²) in [6.45, 7) is 5.52. The number of fused-ring (bicyclic) bond motifs is 1. The number of halogens is 2. The van der Waals surface area contributed by atoms with Gasteiger partial charge in [-0.05, 0) is 70.7 Å². The van der Waals surface area contributed by atoms with Crippen molar-refractivity contribution in [1.29, 1.82) is 10.5 Å². The van der Waals surface area contributed by atoms with Crippen LogP contribution in [0.4, 0.5) is 14.5 Å². The first kappa shape index (κ1) is 27.7. The summed E-state index contributed by atoms with van der Waals surface area (Å²) in [5, 5.41) is 23.6. The molecule has 3 aromatic rings. The largest absolute Gasteiger partial charge is 0.390 e. The highest BCUT2D eigenvalue weighted by Crippen LogP contribution is 2.36. The van der Waals surface area contributed by atoms with Gasteiger partial charge in [0.15, 0.2) is 0 Å². The van der Waals surface area contributed by atoms with Crippen LogP contribution >= 0.6 is 0 Å². The molecule has 4 rings (SSSR count). The van der Waals surface area contributed by atoms with Crippen molar-refractivity contribution in [1.82, 2.24) is 9.55 Å². The van der Waals surface area contributed by atoms with E-state index in [2.05, 4.69) is 10.1 Å². The predicted octanol–water partition coefficient (Wildman–Crippen LogP) is 5.17. The average Bonchev–Trinajstić information content (AvgIpc) is 2.90. The molecule has 0 bridgehead atoms. The summed E-state index contributed by atoms with van der Waals surface area (Å²) < 4.78 is 29.8. The van der Waals surface area contributed by atoms with Crippen molar-refractivity contribution < 1.29 is 13.6 Å². The van der Waals surface area contributed by atoms with Crippen molar-refractivity contribution in [2.24, 2.45) is 18.1 Å². The summed E-state index contributed by atoms with van der Waals surface area (Å²) in [5.74, 6) is -1.51. The Hall–Kier alpha value is -4.31. The molecule has 1 saturated carbocycles. The standard InChI is InChI=1S/C29H30F2N6O2/c1-29(2,3)39-35-25(21-12-8-18(30)14-23(21)31)17-6-10-20(11-7-17)36(4)27-22(16-33)28(38)37(5)24-13-9-19(15-32)34-26(24)27/h8-9,12-14,17,20H,6-7,10-11H2,1-5H3/b35-25+. The molecule has 1 aliphatic rings. The zero-order valence-corrected chi connectivity index (χ0v) is 22.6. The number of aryl methyl sites for hydroxylation is 1. The molecule has 0 unspecified atom stereocenters. The van der Waals surface area contributed by atoms with Gasteiger partial charge in [-0.15, -0.1) is 0 Å². The Kier molecular flexibility index (Phi) is 7.69. The van der Waals surface area contributed by atoms with Crippen LogP contribution in [0.2, 0.25) is 0 Å². The summed E-state index contributed by atoms with van der Waals surface area (Å²) >= 11 is 0. The highest BCUT2D eigenvalue weighted by atomic mass is 19.1. The number of rotatable bonds is 5. The summed E-state index contributed by atoms with van der Waals surface area (Å²) in [5.41, 5.74) is 1.08. The Bertz CT molecular complexity index is 1590. The molecule has 2 heterocycles. The van der Waals surface area contributed by atoms with E-state index in [0.29, 0.717) is 48.1 Å². The molecule has 1 aromatic carbocycles. The number of nitrogens with zero attached hydrogens (tertiary/aromatic N) is 6. The highest BCUT2D eigenvalue weighted by Gasteiger charge is 2.32. The first-order valence-electron chi connectivity index (χ1n) is 12.7. The van der Waals surface area contributed by atoms with Crippen LogP contribution in [0.1, 0.15) is 63.3 Å². The molecule has 0 amide bonds. The molecule has 39 heavy (non-hydrogen) atoms. The topological polar surface area (TPSA) is 107 Å². The van der Waals surface area contributed by atoms with E-state index in [4.69, 9.17) is 4.84 Å². The second-order valence-corrected chi connectivity index (χ2v) is 10.8. The third-order valence-electron chi connectivity index (χ3n) is 7.05. The number of benzene rings is 1. The molecule has 10 heteroatoms. The number of aromatic nitrogens is 2. The van der Waals surface area contributed by atoms with Crippen molar-refractivity contribution in [2.45, 2.75) is 58.1 Å². The Morgan fingerprint density at radius 3 is 2.41 bits per heavy atom. The Morgan fingerprint density at radius 2 is 1.82 bits per heavy atom. The number of oxime groups is 1. The van der Waals surface area contributed by atoms with Crippen molar-refractivity contribution in [3.8, 4) is 12.1 Å². The monoisotopic (exact) mass is 532 g/mol. The molecule has 1 aliphatic carbocycles. The van der Waals surface area contributed by atoms with Crippen LogP contribution in [0.25, 0.3) is 11.0 Å². The molecule has 0 aliphatic heterocycles. The molecule has 8 nitrogen and oxygen atoms in total. The zero-order valence-electron chi connectivity index (χ0n) is 22.6. The second kappa shape index (κ2) is 10.8. The van der Waals surface area contributed by atoms with Gasteiger partial charge < -0.3 is 14.3 Å². The minimum absolute atomic E-state index is 0.0357. The van der Waals surface area contributed by atoms with Crippen LogP contribution in [0.15, 0.2) is 40.3 Å². The minimum Gasteiger partial charge on any atom is -0.390 e. The maximum absolute atomic E-state index is 14.8. The first-order valence-corrected chi connectivity index (χ1v) is 12.7. The van der Waals surface area contributed by atoms with E-state index in [9.17, 15) is 24.1 Å². The van der Waals surface area contributed by atoms with Crippen LogP contribution in [0.5, 0.6) is 0 Å². The zero-order chi connectivity index (χ0) is 28.5. The van der Waals surface area contributed by atoms with Crippen molar-refractivity contribution in [3.63, 3.8) is 0 Å². The summed E-state index contributed by atoms with van der Waals surface area (Å²) in [6, 6.07) is 10.6. The summed E-state index contributed by atoms with van der Waals surface area (Å²) in [6.07, 6.45) is 2.55. The lowest BCUT2D eigenvalue weighted by molar-refractivity contribution is -0.0000722. The summed E-state index contributed by atoms with van der Waals surface area (Å²) in [4.78, 5) is 25.0. The van der Waals surface area contributed by atoms with Gasteiger partial charge in [0, 0.05) is 37.7 Å². The van der Waals surface area contributed by atoms with Crippen molar-refractivity contribution in [2.75, 3.05) is 11.9 Å². The predicted molar refractivity (Wildman–Crippen MR) is 144 cm³/mol. The van der Waals surface area contributed by atoms with Crippen LogP contribution in [-0.4, -0.2) is 34.0 Å². The lowest BCUT2D eigenvalue weighted by Crippen LogP contribution is -2.39. The fraction of sp³-hybridized carbons (Fsp3) is 0.414. The van der Waals surface area contributed by atoms with Gasteiger partial charge in [-0.2, -0.15) is 10.5 Å². The number of nitriles is 2. The first-order chi connectivity index (χ1) is 18.4. The highest BCUT2D eigenvalue weighted by molar-refractivity contribution is 6.02. The molecule has 2 aromatic heterocycles. The molecule has 0 radical (unpaired) electrons.